The summed E-state index contributed by atoms with van der Waals surface area (Å²) in [4.78, 5) is 0. The van der Waals surface area contributed by atoms with Gasteiger partial charge in [0, 0.05) is 37.3 Å². The number of halogens is 3. The van der Waals surface area contributed by atoms with E-state index in [2.05, 4.69) is 42.2 Å². The fourth-order valence-electron chi connectivity index (χ4n) is 2.57. The minimum atomic E-state index is -1.23. The van der Waals surface area contributed by atoms with Crippen LogP contribution in [-0.4, -0.2) is 31.4 Å². The van der Waals surface area contributed by atoms with E-state index in [-0.39, 0.29) is 5.83 Å². The third kappa shape index (κ3) is 4.72. The topological polar surface area (TPSA) is 23.4 Å². The minimum absolute atomic E-state index is 0.311. The van der Waals surface area contributed by atoms with E-state index in [1.165, 1.54) is 13.2 Å². The maximum Gasteiger partial charge on any atom is 0.175 e. The lowest BCUT2D eigenvalue weighted by atomic mass is 9.92. The van der Waals surface area contributed by atoms with E-state index in [1.807, 2.05) is 16.8 Å². The number of ether oxygens (including phenoxy) is 2. The zero-order valence-corrected chi connectivity index (χ0v) is 18.4. The fraction of sp³-hybridized carbons (Fsp3) is 0.529. The number of nitrogens with zero attached hydrogens (tertiary/aromatic N) is 1. The Morgan fingerprint density at radius 1 is 1.42 bits per heavy atom. The van der Waals surface area contributed by atoms with Crippen LogP contribution in [0.15, 0.2) is 36.3 Å². The third-order valence-electron chi connectivity index (χ3n) is 4.02. The molecule has 1 aromatic rings. The summed E-state index contributed by atoms with van der Waals surface area (Å²) in [6.07, 6.45) is 6.61. The van der Waals surface area contributed by atoms with Crippen molar-refractivity contribution in [2.45, 2.75) is 43.4 Å². The zero-order valence-electron chi connectivity index (χ0n) is 14.5. The first-order chi connectivity index (χ1) is 11.2. The van der Waals surface area contributed by atoms with Crippen molar-refractivity contribution in [1.29, 1.82) is 0 Å². The monoisotopic (exact) mass is 483 g/mol. The van der Waals surface area contributed by atoms with Gasteiger partial charge in [0.15, 0.2) is 5.06 Å². The highest BCUT2D eigenvalue weighted by molar-refractivity contribution is 14.1. The van der Waals surface area contributed by atoms with Gasteiger partial charge < -0.3 is 14.0 Å². The lowest BCUT2D eigenvalue weighted by Gasteiger charge is -2.33. The predicted octanol–water partition coefficient (Wildman–Crippen LogP) is 5.49. The van der Waals surface area contributed by atoms with Gasteiger partial charge in [-0.1, -0.05) is 37.3 Å². The molecule has 24 heavy (non-hydrogen) atoms. The van der Waals surface area contributed by atoms with Crippen molar-refractivity contribution in [2.75, 3.05) is 13.7 Å². The molecule has 0 aromatic carbocycles. The highest BCUT2D eigenvalue weighted by Crippen LogP contribution is 2.45. The van der Waals surface area contributed by atoms with Gasteiger partial charge in [-0.25, -0.2) is 4.39 Å². The van der Waals surface area contributed by atoms with Crippen molar-refractivity contribution in [3.63, 3.8) is 0 Å². The molecule has 2 rings (SSSR count). The number of rotatable bonds is 7. The molecule has 0 N–H and O–H groups in total. The van der Waals surface area contributed by atoms with Crippen molar-refractivity contribution < 1.29 is 13.9 Å². The molecule has 0 fully saturated rings. The quantitative estimate of drug-likeness (QED) is 0.221. The van der Waals surface area contributed by atoms with Gasteiger partial charge >= 0.3 is 0 Å². The zero-order chi connectivity index (χ0) is 18.0. The van der Waals surface area contributed by atoms with Crippen LogP contribution >= 0.6 is 34.2 Å². The van der Waals surface area contributed by atoms with Crippen LogP contribution in [0, 0.1) is 3.57 Å². The molecule has 7 heteroatoms. The van der Waals surface area contributed by atoms with Gasteiger partial charge in [-0.2, -0.15) is 0 Å². The SMILES string of the molecule is COC1(Cl)C=CC=C(F)C1c1c(I)ccn1COCC[Si](C)(C)C. The summed E-state index contributed by atoms with van der Waals surface area (Å²) in [7, 11) is 0.363. The lowest BCUT2D eigenvalue weighted by molar-refractivity contribution is 0.0656. The van der Waals surface area contributed by atoms with Gasteiger partial charge in [0.2, 0.25) is 0 Å². The molecule has 3 nitrogen and oxygen atoms in total. The number of aromatic nitrogens is 1. The van der Waals surface area contributed by atoms with Crippen molar-refractivity contribution in [3.8, 4) is 0 Å². The third-order valence-corrected chi connectivity index (χ3v) is 7.13. The van der Waals surface area contributed by atoms with Crippen LogP contribution in [-0.2, 0) is 16.2 Å². The molecule has 2 unspecified atom stereocenters. The van der Waals surface area contributed by atoms with Gasteiger partial charge in [-0.05, 0) is 46.9 Å². The summed E-state index contributed by atoms with van der Waals surface area (Å²) < 4.78 is 28.7. The molecule has 0 saturated carbocycles. The number of alkyl halides is 1. The molecule has 1 heterocycles. The molecule has 0 spiro atoms. The second-order valence-electron chi connectivity index (χ2n) is 7.11. The first-order valence-electron chi connectivity index (χ1n) is 7.89. The largest absolute Gasteiger partial charge is 0.361 e. The Hall–Kier alpha value is -0.153. The maximum atomic E-state index is 14.6. The second kappa shape index (κ2) is 8.03. The molecular weight excluding hydrogens is 460 g/mol. The average Bonchev–Trinajstić information content (AvgIpc) is 2.84. The lowest BCUT2D eigenvalue weighted by Crippen LogP contribution is -2.34. The van der Waals surface area contributed by atoms with E-state index in [0.29, 0.717) is 13.3 Å². The van der Waals surface area contributed by atoms with E-state index in [4.69, 9.17) is 21.1 Å². The summed E-state index contributed by atoms with van der Waals surface area (Å²) in [5, 5.41) is -1.23. The molecule has 0 bridgehead atoms. The summed E-state index contributed by atoms with van der Waals surface area (Å²) in [5.74, 6) is -1.01. The smallest absolute Gasteiger partial charge is 0.175 e. The summed E-state index contributed by atoms with van der Waals surface area (Å²) in [6, 6.07) is 3.04. The molecule has 1 aliphatic rings. The Morgan fingerprint density at radius 2 is 2.12 bits per heavy atom. The average molecular weight is 484 g/mol. The van der Waals surface area contributed by atoms with Crippen LogP contribution in [0.25, 0.3) is 0 Å². The molecule has 0 aliphatic heterocycles. The van der Waals surface area contributed by atoms with Gasteiger partial charge in [0.05, 0.1) is 5.92 Å². The van der Waals surface area contributed by atoms with Crippen molar-refractivity contribution in [2.24, 2.45) is 0 Å². The molecule has 0 amide bonds. The Morgan fingerprint density at radius 3 is 2.75 bits per heavy atom. The Labute approximate surface area is 163 Å². The van der Waals surface area contributed by atoms with Gasteiger partial charge in [0.1, 0.15) is 12.6 Å². The molecule has 2 atom stereocenters. The Balaban J connectivity index is 2.20. The van der Waals surface area contributed by atoms with Crippen LogP contribution in [0.2, 0.25) is 25.7 Å². The first kappa shape index (κ1) is 20.2. The fourth-order valence-corrected chi connectivity index (χ4v) is 4.39. The second-order valence-corrected chi connectivity index (χ2v) is 14.5. The summed E-state index contributed by atoms with van der Waals surface area (Å²) >= 11 is 8.73. The van der Waals surface area contributed by atoms with Crippen molar-refractivity contribution in [1.82, 2.24) is 4.57 Å². The van der Waals surface area contributed by atoms with E-state index in [9.17, 15) is 4.39 Å². The first-order valence-corrected chi connectivity index (χ1v) is 13.1. The van der Waals surface area contributed by atoms with Crippen LogP contribution in [0.4, 0.5) is 4.39 Å². The minimum Gasteiger partial charge on any atom is -0.361 e. The van der Waals surface area contributed by atoms with Gasteiger partial charge in [-0.3, -0.25) is 0 Å². The number of hydrogen-bond acceptors (Lipinski definition) is 2. The highest BCUT2D eigenvalue weighted by Gasteiger charge is 2.43. The molecule has 0 radical (unpaired) electrons. The molecule has 134 valence electrons. The molecular formula is C17H24ClFINO2Si. The number of hydrogen-bond donors (Lipinski definition) is 0. The number of methoxy groups -OCH3 is 1. The van der Waals surface area contributed by atoms with Crippen LogP contribution < -0.4 is 0 Å². The molecule has 1 aromatic heterocycles. The van der Waals surface area contributed by atoms with Crippen LogP contribution in [0.3, 0.4) is 0 Å². The Bertz CT molecular complexity index is 641. The summed E-state index contributed by atoms with van der Waals surface area (Å²) in [6.45, 7) is 8.04. The Kier molecular flexibility index (Phi) is 6.75. The van der Waals surface area contributed by atoms with Crippen LogP contribution in [0.5, 0.6) is 0 Å². The van der Waals surface area contributed by atoms with Crippen molar-refractivity contribution in [3.05, 3.63) is 45.6 Å². The number of allylic oxidation sites excluding steroid dienone is 2. The normalized spacial score (nSPS) is 24.3. The van der Waals surface area contributed by atoms with E-state index >= 15 is 0 Å². The van der Waals surface area contributed by atoms with E-state index in [1.54, 1.807) is 12.2 Å². The highest BCUT2D eigenvalue weighted by atomic mass is 127. The van der Waals surface area contributed by atoms with Gasteiger partial charge in [-0.15, -0.1) is 0 Å². The summed E-state index contributed by atoms with van der Waals surface area (Å²) in [5.41, 5.74) is 0.776. The predicted molar refractivity (Wildman–Crippen MR) is 108 cm³/mol. The van der Waals surface area contributed by atoms with Gasteiger partial charge in [0.25, 0.3) is 0 Å². The standard InChI is InChI=1S/C17H24ClFINO2Si/c1-22-17(18)8-5-6-13(19)15(17)16-14(20)7-9-21(16)12-23-10-11-24(2,3)4/h5-9,15H,10-12H2,1-4H3. The molecule has 1 aliphatic carbocycles. The van der Waals surface area contributed by atoms with Crippen molar-refractivity contribution >= 4 is 42.3 Å². The maximum absolute atomic E-state index is 14.6. The van der Waals surface area contributed by atoms with Crippen LogP contribution in [0.1, 0.15) is 11.6 Å². The molecule has 0 saturated heterocycles. The van der Waals surface area contributed by atoms with E-state index < -0.39 is 19.1 Å². The van der Waals surface area contributed by atoms with E-state index in [0.717, 1.165) is 15.3 Å².